The van der Waals surface area contributed by atoms with Crippen LogP contribution in [0.1, 0.15) is 24.3 Å². The Labute approximate surface area is 335 Å². The number of carbonyl (C=O) groups is 4. The van der Waals surface area contributed by atoms with E-state index in [0.717, 1.165) is 11.1 Å². The van der Waals surface area contributed by atoms with Crippen LogP contribution in [-0.4, -0.2) is 38.7 Å². The molecule has 1 saturated carbocycles. The largest absolute Gasteiger partial charge is 0.508 e. The number of anilines is 2. The fourth-order valence-electron chi connectivity index (χ4n) is 9.71. The number of fused-ring (bicyclic) bond motifs is 6. The van der Waals surface area contributed by atoms with Crippen molar-refractivity contribution in [1.82, 2.24) is 9.97 Å². The summed E-state index contributed by atoms with van der Waals surface area (Å²) in [5, 5.41) is 10.5. The molecule has 4 amide bonds. The normalized spacial score (nSPS) is 24.1. The Morgan fingerprint density at radius 3 is 1.69 bits per heavy atom. The van der Waals surface area contributed by atoms with Crippen LogP contribution in [0.5, 0.6) is 5.75 Å². The van der Waals surface area contributed by atoms with Gasteiger partial charge in [0.2, 0.25) is 35.4 Å². The standard InChI is InChI=1S/C46H31ClN4O7/c47-33-21-27(52)17-18-29(33)38-28-19-20-30-39(45(55)50(43(30)53)25-13-9-23(10-14-25)41-48-34-5-1-3-7-36(34)57-41)31(28)22-32-40(38)46(56)51(44(32)54)26-15-11-24(12-16-26)42-49-35-6-2-4-8-37(35)58-42/h1-19,21,30-32,38-40,52H,20,22H2. The van der Waals surface area contributed by atoms with Gasteiger partial charge in [0, 0.05) is 22.1 Å². The maximum absolute atomic E-state index is 14.6. The lowest BCUT2D eigenvalue weighted by Gasteiger charge is -2.44. The lowest BCUT2D eigenvalue weighted by molar-refractivity contribution is -0.126. The molecule has 2 aliphatic carbocycles. The number of imide groups is 2. The molecule has 5 aromatic carbocycles. The van der Waals surface area contributed by atoms with Crippen LogP contribution in [0.4, 0.5) is 11.4 Å². The number of phenols is 1. The number of amides is 4. The number of allylic oxidation sites excluding steroid dienone is 2. The molecule has 284 valence electrons. The van der Waals surface area contributed by atoms with Gasteiger partial charge in [0.1, 0.15) is 16.8 Å². The number of halogens is 1. The lowest BCUT2D eigenvalue weighted by atomic mass is 9.57. The van der Waals surface area contributed by atoms with E-state index in [1.165, 1.54) is 21.9 Å². The van der Waals surface area contributed by atoms with Crippen LogP contribution < -0.4 is 9.80 Å². The number of phenolic OH excluding ortho intramolecular Hbond substituents is 1. The van der Waals surface area contributed by atoms with Crippen molar-refractivity contribution >= 4 is 68.8 Å². The molecular weight excluding hydrogens is 756 g/mol. The molecule has 4 aliphatic rings. The van der Waals surface area contributed by atoms with E-state index >= 15 is 0 Å². The molecule has 0 bridgehead atoms. The number of aromatic hydroxyl groups is 1. The van der Waals surface area contributed by atoms with Gasteiger partial charge in [-0.25, -0.2) is 9.97 Å². The zero-order valence-electron chi connectivity index (χ0n) is 30.5. The van der Waals surface area contributed by atoms with E-state index in [0.29, 0.717) is 56.5 Å². The third-order valence-corrected chi connectivity index (χ3v) is 12.6. The fourth-order valence-corrected chi connectivity index (χ4v) is 10.0. The molecule has 58 heavy (non-hydrogen) atoms. The van der Waals surface area contributed by atoms with Crippen LogP contribution >= 0.6 is 11.6 Å². The summed E-state index contributed by atoms with van der Waals surface area (Å²) in [6.07, 6.45) is 2.46. The first kappa shape index (κ1) is 34.4. The molecule has 6 atom stereocenters. The van der Waals surface area contributed by atoms with E-state index in [2.05, 4.69) is 9.97 Å². The van der Waals surface area contributed by atoms with Crippen molar-refractivity contribution in [2.45, 2.75) is 18.8 Å². The van der Waals surface area contributed by atoms with Crippen LogP contribution in [-0.2, 0) is 19.2 Å². The van der Waals surface area contributed by atoms with Gasteiger partial charge < -0.3 is 13.9 Å². The van der Waals surface area contributed by atoms with Gasteiger partial charge in [-0.05, 0) is 109 Å². The predicted octanol–water partition coefficient (Wildman–Crippen LogP) is 8.71. The van der Waals surface area contributed by atoms with Crippen molar-refractivity contribution < 1.29 is 33.1 Å². The predicted molar refractivity (Wildman–Crippen MR) is 215 cm³/mol. The number of rotatable bonds is 5. The Kier molecular flexibility index (Phi) is 7.61. The summed E-state index contributed by atoms with van der Waals surface area (Å²) in [6.45, 7) is 0. The molecular formula is C46H31ClN4O7. The highest BCUT2D eigenvalue weighted by Crippen LogP contribution is 2.59. The van der Waals surface area contributed by atoms with Gasteiger partial charge >= 0.3 is 0 Å². The van der Waals surface area contributed by atoms with Gasteiger partial charge in [0.25, 0.3) is 0 Å². The number of carbonyl (C=O) groups excluding carboxylic acids is 4. The first-order valence-electron chi connectivity index (χ1n) is 19.1. The van der Waals surface area contributed by atoms with E-state index in [1.54, 1.807) is 54.6 Å². The quantitative estimate of drug-likeness (QED) is 0.134. The van der Waals surface area contributed by atoms with E-state index < -0.39 is 35.5 Å². The summed E-state index contributed by atoms with van der Waals surface area (Å²) in [5.74, 6) is -4.84. The SMILES string of the molecule is O=C1C2CC=C3C(CC4C(=O)N(c5ccc(-c6nc7ccccc7o6)cc5)C(=O)C4C3c3ccc(O)cc3Cl)C2C(=O)N1c1ccc(-c2nc3ccccc3o2)cc1. The van der Waals surface area contributed by atoms with Crippen molar-refractivity contribution in [3.8, 4) is 28.7 Å². The maximum atomic E-state index is 14.6. The Hall–Kier alpha value is -6.85. The van der Waals surface area contributed by atoms with Crippen LogP contribution in [0.2, 0.25) is 5.02 Å². The van der Waals surface area contributed by atoms with Gasteiger partial charge in [-0.1, -0.05) is 53.6 Å². The molecule has 11 rings (SSSR count). The van der Waals surface area contributed by atoms with E-state index in [9.17, 15) is 24.3 Å². The zero-order chi connectivity index (χ0) is 39.4. The second-order valence-electron chi connectivity index (χ2n) is 15.3. The number of nitrogens with zero attached hydrogens (tertiary/aromatic N) is 4. The van der Waals surface area contributed by atoms with Crippen molar-refractivity contribution in [2.24, 2.45) is 29.6 Å². The summed E-state index contributed by atoms with van der Waals surface area (Å²) in [4.78, 5) is 69.5. The number of para-hydroxylation sites is 4. The molecule has 4 heterocycles. The maximum Gasteiger partial charge on any atom is 0.238 e. The first-order valence-corrected chi connectivity index (χ1v) is 19.5. The van der Waals surface area contributed by atoms with Crippen LogP contribution in [0, 0.1) is 29.6 Å². The summed E-state index contributed by atoms with van der Waals surface area (Å²) in [7, 11) is 0. The molecule has 0 radical (unpaired) electrons. The molecule has 2 aliphatic heterocycles. The van der Waals surface area contributed by atoms with Crippen LogP contribution in [0.25, 0.3) is 45.1 Å². The minimum absolute atomic E-state index is 0.0424. The minimum atomic E-state index is -0.826. The zero-order valence-corrected chi connectivity index (χ0v) is 31.2. The van der Waals surface area contributed by atoms with E-state index in [-0.39, 0.29) is 47.2 Å². The van der Waals surface area contributed by atoms with Gasteiger partial charge in [-0.2, -0.15) is 0 Å². The molecule has 0 spiro atoms. The average Bonchev–Trinajstić information content (AvgIpc) is 3.99. The van der Waals surface area contributed by atoms with Crippen molar-refractivity contribution in [1.29, 1.82) is 0 Å². The highest BCUT2D eigenvalue weighted by molar-refractivity contribution is 6.32. The molecule has 2 saturated heterocycles. The first-order chi connectivity index (χ1) is 28.2. The minimum Gasteiger partial charge on any atom is -0.508 e. The lowest BCUT2D eigenvalue weighted by Crippen LogP contribution is -2.43. The molecule has 2 aromatic heterocycles. The van der Waals surface area contributed by atoms with Crippen molar-refractivity contribution in [3.05, 3.63) is 137 Å². The van der Waals surface area contributed by atoms with Crippen molar-refractivity contribution in [3.63, 3.8) is 0 Å². The van der Waals surface area contributed by atoms with E-state index in [1.807, 2.05) is 54.6 Å². The summed E-state index contributed by atoms with van der Waals surface area (Å²) in [6, 6.07) is 33.4. The average molecular weight is 787 g/mol. The third kappa shape index (κ3) is 5.12. The second-order valence-corrected chi connectivity index (χ2v) is 15.7. The fraction of sp³-hybridized carbons (Fsp3) is 0.174. The smallest absolute Gasteiger partial charge is 0.238 e. The Morgan fingerprint density at radius 1 is 0.603 bits per heavy atom. The van der Waals surface area contributed by atoms with Crippen molar-refractivity contribution in [2.75, 3.05) is 9.80 Å². The molecule has 7 aromatic rings. The summed E-state index contributed by atoms with van der Waals surface area (Å²) in [5.41, 5.74) is 6.32. The van der Waals surface area contributed by atoms with E-state index in [4.69, 9.17) is 20.4 Å². The number of hydrogen-bond acceptors (Lipinski definition) is 9. The Balaban J connectivity index is 0.930. The summed E-state index contributed by atoms with van der Waals surface area (Å²) < 4.78 is 11.9. The second kappa shape index (κ2) is 12.8. The topological polar surface area (TPSA) is 147 Å². The highest BCUT2D eigenvalue weighted by atomic mass is 35.5. The van der Waals surface area contributed by atoms with Gasteiger partial charge in [-0.15, -0.1) is 0 Å². The van der Waals surface area contributed by atoms with Crippen LogP contribution in [0.15, 0.2) is 136 Å². The van der Waals surface area contributed by atoms with Crippen LogP contribution in [0.3, 0.4) is 0 Å². The number of benzene rings is 5. The molecule has 1 N–H and O–H groups in total. The Morgan fingerprint density at radius 2 is 1.14 bits per heavy atom. The highest BCUT2D eigenvalue weighted by Gasteiger charge is 2.62. The molecule has 12 heteroatoms. The number of oxazole rings is 2. The summed E-state index contributed by atoms with van der Waals surface area (Å²) >= 11 is 6.82. The number of hydrogen-bond donors (Lipinski definition) is 1. The molecule has 3 fully saturated rings. The third-order valence-electron chi connectivity index (χ3n) is 12.3. The molecule has 11 nitrogen and oxygen atoms in total. The van der Waals surface area contributed by atoms with Gasteiger partial charge in [0.05, 0.1) is 35.0 Å². The Bertz CT molecular complexity index is 2850. The van der Waals surface area contributed by atoms with Gasteiger partial charge in [0.15, 0.2) is 11.2 Å². The number of aromatic nitrogens is 2. The monoisotopic (exact) mass is 786 g/mol. The van der Waals surface area contributed by atoms with Gasteiger partial charge in [-0.3, -0.25) is 29.0 Å². The molecule has 6 unspecified atom stereocenters.